The van der Waals surface area contributed by atoms with Crippen LogP contribution in [-0.4, -0.2) is 13.4 Å². The van der Waals surface area contributed by atoms with Gasteiger partial charge in [-0.25, -0.2) is 13.6 Å². The number of nitrogens with two attached hydrogens (primary N) is 1. The molecular formula is C18H17ClN2O2S. The summed E-state index contributed by atoms with van der Waals surface area (Å²) >= 11 is 5.95. The largest absolute Gasteiger partial charge is 0.255 e. The van der Waals surface area contributed by atoms with Crippen molar-refractivity contribution in [1.82, 2.24) is 4.98 Å². The fraction of sp³-hybridized carbons (Fsp3) is 0.278. The maximum Gasteiger partial charge on any atom is 0.238 e. The maximum absolute atomic E-state index is 11.4. The quantitative estimate of drug-likeness (QED) is 0.903. The number of allylic oxidation sites excluding steroid dienone is 2. The third kappa shape index (κ3) is 2.88. The van der Waals surface area contributed by atoms with Crippen molar-refractivity contribution in [1.29, 1.82) is 0 Å². The van der Waals surface area contributed by atoms with Gasteiger partial charge in [-0.1, -0.05) is 23.7 Å². The van der Waals surface area contributed by atoms with Crippen LogP contribution in [0, 0.1) is 5.41 Å². The van der Waals surface area contributed by atoms with Crippen molar-refractivity contribution in [3.63, 3.8) is 0 Å². The first-order valence-electron chi connectivity index (χ1n) is 7.84. The van der Waals surface area contributed by atoms with E-state index in [9.17, 15) is 8.42 Å². The molecule has 0 amide bonds. The minimum absolute atomic E-state index is 0.136. The Balaban J connectivity index is 1.77. The van der Waals surface area contributed by atoms with Gasteiger partial charge in [0.2, 0.25) is 10.0 Å². The van der Waals surface area contributed by atoms with Gasteiger partial charge in [-0.15, -0.1) is 0 Å². The fourth-order valence-electron chi connectivity index (χ4n) is 3.48. The van der Waals surface area contributed by atoms with E-state index in [-0.39, 0.29) is 4.90 Å². The first-order chi connectivity index (χ1) is 11.4. The van der Waals surface area contributed by atoms with Crippen LogP contribution in [0.3, 0.4) is 0 Å². The van der Waals surface area contributed by atoms with Gasteiger partial charge in [-0.3, -0.25) is 4.98 Å². The normalized spacial score (nSPS) is 19.1. The van der Waals surface area contributed by atoms with Crippen molar-refractivity contribution >= 4 is 32.8 Å². The van der Waals surface area contributed by atoms with Gasteiger partial charge in [0, 0.05) is 6.20 Å². The van der Waals surface area contributed by atoms with E-state index in [2.05, 4.69) is 4.98 Å². The van der Waals surface area contributed by atoms with Crippen molar-refractivity contribution in [2.45, 2.75) is 30.6 Å². The minimum Gasteiger partial charge on any atom is -0.255 e. The van der Waals surface area contributed by atoms with Crippen molar-refractivity contribution in [3.8, 4) is 0 Å². The fourth-order valence-corrected chi connectivity index (χ4v) is 4.11. The van der Waals surface area contributed by atoms with E-state index in [0.29, 0.717) is 10.4 Å². The highest BCUT2D eigenvalue weighted by Gasteiger charge is 2.48. The van der Waals surface area contributed by atoms with Crippen LogP contribution in [-0.2, 0) is 10.0 Å². The van der Waals surface area contributed by atoms with Gasteiger partial charge in [0.1, 0.15) is 0 Å². The average molecular weight is 361 g/mol. The second kappa shape index (κ2) is 5.41. The topological polar surface area (TPSA) is 73.1 Å². The molecule has 6 heteroatoms. The molecule has 124 valence electrons. The van der Waals surface area contributed by atoms with E-state index < -0.39 is 10.0 Å². The number of hydrogen-bond donors (Lipinski definition) is 1. The van der Waals surface area contributed by atoms with Gasteiger partial charge >= 0.3 is 0 Å². The van der Waals surface area contributed by atoms with Crippen LogP contribution < -0.4 is 5.14 Å². The van der Waals surface area contributed by atoms with E-state index in [1.54, 1.807) is 18.3 Å². The van der Waals surface area contributed by atoms with Crippen molar-refractivity contribution < 1.29 is 8.42 Å². The number of hydrogen-bond acceptors (Lipinski definition) is 3. The molecule has 1 aromatic carbocycles. The van der Waals surface area contributed by atoms with Crippen molar-refractivity contribution in [2.24, 2.45) is 10.6 Å². The van der Waals surface area contributed by atoms with Gasteiger partial charge in [0.25, 0.3) is 0 Å². The molecule has 1 saturated carbocycles. The first-order valence-corrected chi connectivity index (χ1v) is 9.76. The molecule has 1 aromatic heterocycles. The van der Waals surface area contributed by atoms with Crippen LogP contribution >= 0.6 is 11.6 Å². The van der Waals surface area contributed by atoms with E-state index in [0.717, 1.165) is 24.1 Å². The molecule has 4 rings (SSSR count). The molecule has 1 spiro atoms. The molecule has 1 fully saturated rings. The SMILES string of the molecule is NS(=O)(=O)c1ccc(C2=C(c3ccc(Cl)cn3)CC3(CC3)C2)cc1. The van der Waals surface area contributed by atoms with Crippen LogP contribution in [0.1, 0.15) is 36.9 Å². The number of rotatable bonds is 3. The Morgan fingerprint density at radius 3 is 2.21 bits per heavy atom. The standard InChI is InChI=1S/C18H17ClN2O2S/c19-13-3-6-17(21-11-13)16-10-18(7-8-18)9-15(16)12-1-4-14(5-2-12)24(20,22)23/h1-6,11H,7-10H2,(H2,20,22,23). The molecule has 0 unspecified atom stereocenters. The van der Waals surface area contributed by atoms with Crippen LogP contribution in [0.2, 0.25) is 5.02 Å². The van der Waals surface area contributed by atoms with Gasteiger partial charge in [0.05, 0.1) is 15.6 Å². The van der Waals surface area contributed by atoms with Crippen LogP contribution in [0.15, 0.2) is 47.5 Å². The zero-order valence-corrected chi connectivity index (χ0v) is 14.6. The Morgan fingerprint density at radius 1 is 1.00 bits per heavy atom. The zero-order chi connectivity index (χ0) is 16.9. The third-order valence-electron chi connectivity index (χ3n) is 4.99. The van der Waals surface area contributed by atoms with Crippen LogP contribution in [0.25, 0.3) is 11.1 Å². The number of aromatic nitrogens is 1. The predicted octanol–water partition coefficient (Wildman–Crippen LogP) is 3.87. The molecule has 0 radical (unpaired) electrons. The third-order valence-corrected chi connectivity index (χ3v) is 6.15. The summed E-state index contributed by atoms with van der Waals surface area (Å²) in [6.07, 6.45) is 6.18. The summed E-state index contributed by atoms with van der Waals surface area (Å²) in [6.45, 7) is 0. The first kappa shape index (κ1) is 15.8. The molecule has 2 aromatic rings. The lowest BCUT2D eigenvalue weighted by Crippen LogP contribution is -2.11. The van der Waals surface area contributed by atoms with Gasteiger partial charge in [-0.2, -0.15) is 0 Å². The summed E-state index contributed by atoms with van der Waals surface area (Å²) in [5.41, 5.74) is 4.87. The van der Waals surface area contributed by atoms with E-state index in [4.69, 9.17) is 16.7 Å². The highest BCUT2D eigenvalue weighted by Crippen LogP contribution is 2.63. The summed E-state index contributed by atoms with van der Waals surface area (Å²) in [4.78, 5) is 4.62. The molecular weight excluding hydrogens is 344 g/mol. The Labute approximate surface area is 146 Å². The van der Waals surface area contributed by atoms with E-state index in [1.807, 2.05) is 24.3 Å². The molecule has 0 aliphatic heterocycles. The second-order valence-electron chi connectivity index (χ2n) is 6.74. The minimum atomic E-state index is -3.67. The molecule has 4 nitrogen and oxygen atoms in total. The second-order valence-corrected chi connectivity index (χ2v) is 8.74. The molecule has 0 atom stereocenters. The summed E-state index contributed by atoms with van der Waals surface area (Å²) in [6, 6.07) is 10.6. The Kier molecular flexibility index (Phi) is 3.56. The van der Waals surface area contributed by atoms with Crippen molar-refractivity contribution in [3.05, 3.63) is 58.9 Å². The molecule has 0 bridgehead atoms. The van der Waals surface area contributed by atoms with Gasteiger partial charge in [-0.05, 0) is 72.1 Å². The maximum atomic E-state index is 11.4. The Bertz CT molecular complexity index is 928. The molecule has 1 heterocycles. The number of nitrogens with zero attached hydrogens (tertiary/aromatic N) is 1. The molecule has 2 N–H and O–H groups in total. The number of halogens is 1. The number of primary sulfonamides is 1. The van der Waals surface area contributed by atoms with Gasteiger partial charge < -0.3 is 0 Å². The average Bonchev–Trinajstić information content (AvgIpc) is 3.19. The van der Waals surface area contributed by atoms with Crippen LogP contribution in [0.5, 0.6) is 0 Å². The van der Waals surface area contributed by atoms with Crippen LogP contribution in [0.4, 0.5) is 0 Å². The zero-order valence-electron chi connectivity index (χ0n) is 13.0. The van der Waals surface area contributed by atoms with Crippen molar-refractivity contribution in [2.75, 3.05) is 0 Å². The van der Waals surface area contributed by atoms with E-state index in [1.165, 1.54) is 24.0 Å². The predicted molar refractivity (Wildman–Crippen MR) is 94.8 cm³/mol. The summed E-state index contributed by atoms with van der Waals surface area (Å²) in [7, 11) is -3.67. The number of benzene rings is 1. The Hall–Kier alpha value is -1.69. The monoisotopic (exact) mass is 360 g/mol. The lowest BCUT2D eigenvalue weighted by molar-refractivity contribution is 0.568. The molecule has 2 aliphatic carbocycles. The lowest BCUT2D eigenvalue weighted by Gasteiger charge is -2.08. The summed E-state index contributed by atoms with van der Waals surface area (Å²) < 4.78 is 22.9. The molecule has 2 aliphatic rings. The van der Waals surface area contributed by atoms with Gasteiger partial charge in [0.15, 0.2) is 0 Å². The molecule has 24 heavy (non-hydrogen) atoms. The number of sulfonamides is 1. The Morgan fingerprint density at radius 2 is 1.67 bits per heavy atom. The lowest BCUT2D eigenvalue weighted by atomic mass is 9.99. The summed E-state index contributed by atoms with van der Waals surface area (Å²) in [5, 5.41) is 5.81. The summed E-state index contributed by atoms with van der Waals surface area (Å²) in [5.74, 6) is 0. The highest BCUT2D eigenvalue weighted by molar-refractivity contribution is 7.89. The number of pyridine rings is 1. The smallest absolute Gasteiger partial charge is 0.238 e. The van der Waals surface area contributed by atoms with E-state index >= 15 is 0 Å². The molecule has 0 saturated heterocycles. The highest BCUT2D eigenvalue weighted by atomic mass is 35.5.